The molecule has 0 unspecified atom stereocenters. The molecule has 4 rings (SSSR count). The lowest BCUT2D eigenvalue weighted by atomic mass is 10.2. The summed E-state index contributed by atoms with van der Waals surface area (Å²) < 4.78 is 39.1. The molecule has 0 N–H and O–H groups in total. The van der Waals surface area contributed by atoms with Gasteiger partial charge in [0.2, 0.25) is 0 Å². The van der Waals surface area contributed by atoms with E-state index in [9.17, 15) is 8.42 Å². The van der Waals surface area contributed by atoms with Crippen LogP contribution in [0.25, 0.3) is 0 Å². The predicted molar refractivity (Wildman–Crippen MR) is 122 cm³/mol. The van der Waals surface area contributed by atoms with Crippen LogP contribution in [0.2, 0.25) is 5.02 Å². The molecule has 0 aliphatic carbocycles. The summed E-state index contributed by atoms with van der Waals surface area (Å²) >= 11 is 5.88. The van der Waals surface area contributed by atoms with Crippen molar-refractivity contribution in [3.63, 3.8) is 0 Å². The average molecular weight is 475 g/mol. The molecule has 168 valence electrons. The second-order valence-corrected chi connectivity index (χ2v) is 9.41. The first-order chi connectivity index (χ1) is 15.4. The van der Waals surface area contributed by atoms with Gasteiger partial charge in [-0.2, -0.15) is 12.8 Å². The van der Waals surface area contributed by atoms with E-state index in [2.05, 4.69) is 0 Å². The highest BCUT2D eigenvalue weighted by Crippen LogP contribution is 2.38. The second kappa shape index (κ2) is 9.38. The fourth-order valence-electron chi connectivity index (χ4n) is 3.32. The molecule has 0 radical (unpaired) electrons. The van der Waals surface area contributed by atoms with Crippen molar-refractivity contribution in [2.24, 2.45) is 0 Å². The molecule has 3 aromatic rings. The highest BCUT2D eigenvalue weighted by atomic mass is 35.5. The normalized spacial score (nSPS) is 13.8. The topological polar surface area (TPSA) is 68.3 Å². The number of aryl methyl sites for hydroxylation is 1. The summed E-state index contributed by atoms with van der Waals surface area (Å²) in [6.45, 7) is 2.53. The number of rotatable bonds is 8. The van der Waals surface area contributed by atoms with Gasteiger partial charge in [-0.15, -0.1) is 0 Å². The molecular weight excluding hydrogens is 452 g/mol. The standard InChI is InChI=1S/C23H23ClN2O5S/c1-17-3-10-22(11-4-17)32(27,28)26-23-12-9-21(29-2)15-18(23)16-25(26)31-14-13-30-20-7-5-19(24)6-8-20/h3-12,15H,13-14,16H2,1-2H3. The minimum atomic E-state index is -3.89. The zero-order valence-corrected chi connectivity index (χ0v) is 19.3. The number of hydrazine groups is 1. The van der Waals surface area contributed by atoms with Crippen molar-refractivity contribution >= 4 is 27.3 Å². The molecule has 0 bridgehead atoms. The van der Waals surface area contributed by atoms with E-state index in [4.69, 9.17) is 25.9 Å². The molecule has 32 heavy (non-hydrogen) atoms. The third kappa shape index (κ3) is 4.68. The third-order valence-electron chi connectivity index (χ3n) is 4.95. The van der Waals surface area contributed by atoms with Crippen LogP contribution in [0.4, 0.5) is 5.69 Å². The van der Waals surface area contributed by atoms with E-state index in [0.717, 1.165) is 11.1 Å². The Morgan fingerprint density at radius 3 is 2.31 bits per heavy atom. The summed E-state index contributed by atoms with van der Waals surface area (Å²) in [6.07, 6.45) is 0. The van der Waals surface area contributed by atoms with Gasteiger partial charge in [0.25, 0.3) is 10.0 Å². The first kappa shape index (κ1) is 22.4. The number of halogens is 1. The van der Waals surface area contributed by atoms with Gasteiger partial charge >= 0.3 is 0 Å². The minimum Gasteiger partial charge on any atom is -0.497 e. The molecule has 0 saturated carbocycles. The predicted octanol–water partition coefficient (Wildman–Crippen LogP) is 4.59. The third-order valence-corrected chi connectivity index (χ3v) is 6.91. The summed E-state index contributed by atoms with van der Waals surface area (Å²) in [5.74, 6) is 1.29. The first-order valence-electron chi connectivity index (χ1n) is 9.96. The maximum atomic E-state index is 13.5. The van der Waals surface area contributed by atoms with E-state index in [1.54, 1.807) is 73.8 Å². The number of hydrogen-bond acceptors (Lipinski definition) is 6. The Hall–Kier alpha value is -2.78. The lowest BCUT2D eigenvalue weighted by Gasteiger charge is -2.28. The SMILES string of the molecule is COc1ccc2c(c1)CN(OCCOc1ccc(Cl)cc1)N2S(=O)(=O)c1ccc(C)cc1. The van der Waals surface area contributed by atoms with Gasteiger partial charge in [0.15, 0.2) is 0 Å². The molecule has 0 saturated heterocycles. The molecule has 1 aliphatic heterocycles. The van der Waals surface area contributed by atoms with Crippen molar-refractivity contribution in [1.82, 2.24) is 5.17 Å². The van der Waals surface area contributed by atoms with Crippen molar-refractivity contribution in [2.75, 3.05) is 24.7 Å². The molecule has 0 fully saturated rings. The fraction of sp³-hybridized carbons (Fsp3) is 0.217. The van der Waals surface area contributed by atoms with Crippen LogP contribution in [0.15, 0.2) is 71.6 Å². The van der Waals surface area contributed by atoms with E-state index in [1.807, 2.05) is 6.92 Å². The van der Waals surface area contributed by atoms with Gasteiger partial charge in [0.05, 0.1) is 24.2 Å². The second-order valence-electron chi connectivity index (χ2n) is 7.20. The molecule has 9 heteroatoms. The lowest BCUT2D eigenvalue weighted by Crippen LogP contribution is -2.42. The maximum Gasteiger partial charge on any atom is 0.279 e. The lowest BCUT2D eigenvalue weighted by molar-refractivity contribution is -0.161. The monoisotopic (exact) mass is 474 g/mol. The van der Waals surface area contributed by atoms with Crippen LogP contribution in [-0.2, 0) is 21.4 Å². The zero-order chi connectivity index (χ0) is 22.7. The highest BCUT2D eigenvalue weighted by Gasteiger charge is 2.38. The van der Waals surface area contributed by atoms with E-state index >= 15 is 0 Å². The average Bonchev–Trinajstić information content (AvgIpc) is 3.16. The van der Waals surface area contributed by atoms with Gasteiger partial charge in [-0.25, -0.2) is 0 Å². The largest absolute Gasteiger partial charge is 0.497 e. The number of anilines is 1. The number of hydrogen-bond donors (Lipinski definition) is 0. The van der Waals surface area contributed by atoms with Crippen LogP contribution in [-0.4, -0.2) is 33.9 Å². The van der Waals surface area contributed by atoms with Gasteiger partial charge in [-0.05, 0) is 61.5 Å². The van der Waals surface area contributed by atoms with Crippen molar-refractivity contribution in [3.05, 3.63) is 82.9 Å². The number of ether oxygens (including phenoxy) is 2. The molecular formula is C23H23ClN2O5S. The Morgan fingerprint density at radius 1 is 0.938 bits per heavy atom. The first-order valence-corrected chi connectivity index (χ1v) is 11.8. The molecule has 1 heterocycles. The number of methoxy groups -OCH3 is 1. The Balaban J connectivity index is 1.54. The Bertz CT molecular complexity index is 1180. The van der Waals surface area contributed by atoms with Gasteiger partial charge in [0, 0.05) is 10.6 Å². The molecule has 0 atom stereocenters. The van der Waals surface area contributed by atoms with E-state index in [1.165, 1.54) is 9.59 Å². The summed E-state index contributed by atoms with van der Waals surface area (Å²) in [5.41, 5.74) is 2.27. The number of nitrogens with zero attached hydrogens (tertiary/aromatic N) is 2. The van der Waals surface area contributed by atoms with Crippen LogP contribution >= 0.6 is 11.6 Å². The van der Waals surface area contributed by atoms with Crippen LogP contribution in [0, 0.1) is 6.92 Å². The Labute approximate surface area is 192 Å². The Morgan fingerprint density at radius 2 is 1.62 bits per heavy atom. The van der Waals surface area contributed by atoms with E-state index in [0.29, 0.717) is 22.2 Å². The molecule has 0 spiro atoms. The smallest absolute Gasteiger partial charge is 0.279 e. The molecule has 0 amide bonds. The van der Waals surface area contributed by atoms with Crippen LogP contribution in [0.1, 0.15) is 11.1 Å². The summed E-state index contributed by atoms with van der Waals surface area (Å²) in [4.78, 5) is 6.02. The maximum absolute atomic E-state index is 13.5. The highest BCUT2D eigenvalue weighted by molar-refractivity contribution is 7.92. The van der Waals surface area contributed by atoms with Crippen molar-refractivity contribution in [3.8, 4) is 11.5 Å². The summed E-state index contributed by atoms with van der Waals surface area (Å²) in [6, 6.07) is 18.9. The van der Waals surface area contributed by atoms with E-state index in [-0.39, 0.29) is 24.7 Å². The zero-order valence-electron chi connectivity index (χ0n) is 17.7. The molecule has 7 nitrogen and oxygen atoms in total. The van der Waals surface area contributed by atoms with Gasteiger partial charge in [-0.3, -0.25) is 4.84 Å². The van der Waals surface area contributed by atoms with Crippen LogP contribution < -0.4 is 13.9 Å². The summed E-state index contributed by atoms with van der Waals surface area (Å²) in [7, 11) is -2.32. The number of fused-ring (bicyclic) bond motifs is 1. The molecule has 1 aliphatic rings. The molecule has 0 aromatic heterocycles. The van der Waals surface area contributed by atoms with Crippen molar-refractivity contribution < 1.29 is 22.7 Å². The van der Waals surface area contributed by atoms with Crippen LogP contribution in [0.5, 0.6) is 11.5 Å². The number of hydroxylamine groups is 1. The van der Waals surface area contributed by atoms with Crippen LogP contribution in [0.3, 0.4) is 0 Å². The Kier molecular flexibility index (Phi) is 6.57. The number of benzene rings is 3. The van der Waals surface area contributed by atoms with Gasteiger partial charge < -0.3 is 9.47 Å². The van der Waals surface area contributed by atoms with Crippen molar-refractivity contribution in [2.45, 2.75) is 18.4 Å². The van der Waals surface area contributed by atoms with Gasteiger partial charge in [0.1, 0.15) is 24.7 Å². The summed E-state index contributed by atoms with van der Waals surface area (Å²) in [5, 5.41) is 1.96. The number of sulfonamides is 1. The minimum absolute atomic E-state index is 0.146. The quantitative estimate of drug-likeness (QED) is 0.445. The van der Waals surface area contributed by atoms with Gasteiger partial charge in [-0.1, -0.05) is 34.5 Å². The van der Waals surface area contributed by atoms with E-state index < -0.39 is 10.0 Å². The molecule has 3 aromatic carbocycles. The van der Waals surface area contributed by atoms with Crippen molar-refractivity contribution in [1.29, 1.82) is 0 Å². The fourth-order valence-corrected chi connectivity index (χ4v) is 4.91.